The van der Waals surface area contributed by atoms with Crippen molar-refractivity contribution in [1.82, 2.24) is 4.98 Å². The molecule has 0 spiro atoms. The largest absolute Gasteiger partial charge is 0.496 e. The Morgan fingerprint density at radius 2 is 2.36 bits per heavy atom. The number of hydrogen-bond acceptors (Lipinski definition) is 5. The predicted octanol–water partition coefficient (Wildman–Crippen LogP) is 2.21. The van der Waals surface area contributed by atoms with E-state index in [1.165, 1.54) is 24.5 Å². The first kappa shape index (κ1) is 8.89. The number of fused-ring (bicyclic) bond motifs is 1. The first-order valence-electron chi connectivity index (χ1n) is 3.78. The molecule has 0 atom stereocenters. The Balaban J connectivity index is 2.76. The average molecular weight is 210 g/mol. The third kappa shape index (κ3) is 1.29. The van der Waals surface area contributed by atoms with Gasteiger partial charge in [-0.15, -0.1) is 11.3 Å². The molecule has 0 saturated carbocycles. The van der Waals surface area contributed by atoms with E-state index in [-0.39, 0.29) is 5.69 Å². The average Bonchev–Trinajstić information content (AvgIpc) is 2.63. The highest BCUT2D eigenvalue weighted by molar-refractivity contribution is 7.17. The van der Waals surface area contributed by atoms with Crippen LogP contribution in [0.5, 0.6) is 5.75 Å². The zero-order valence-electron chi connectivity index (χ0n) is 7.26. The number of thiazole rings is 1. The van der Waals surface area contributed by atoms with Gasteiger partial charge in [0.05, 0.1) is 29.1 Å². The van der Waals surface area contributed by atoms with Crippen molar-refractivity contribution in [2.45, 2.75) is 0 Å². The van der Waals surface area contributed by atoms with E-state index in [0.717, 1.165) is 0 Å². The standard InChI is InChI=1S/C8H6N2O3S/c1-13-5-2-6-8(14-4-9-6)7(3-5)10(11)12/h2-4H,1H3. The monoisotopic (exact) mass is 210 g/mol. The van der Waals surface area contributed by atoms with E-state index in [1.54, 1.807) is 11.6 Å². The number of nitro groups is 1. The number of nitrogens with zero attached hydrogens (tertiary/aromatic N) is 2. The number of benzene rings is 1. The highest BCUT2D eigenvalue weighted by atomic mass is 32.1. The van der Waals surface area contributed by atoms with Crippen molar-refractivity contribution in [2.75, 3.05) is 7.11 Å². The Bertz CT molecular complexity index is 494. The van der Waals surface area contributed by atoms with Crippen LogP contribution in [-0.2, 0) is 0 Å². The first-order valence-corrected chi connectivity index (χ1v) is 4.66. The van der Waals surface area contributed by atoms with Crippen molar-refractivity contribution >= 4 is 27.2 Å². The van der Waals surface area contributed by atoms with Gasteiger partial charge in [-0.1, -0.05) is 0 Å². The lowest BCUT2D eigenvalue weighted by Gasteiger charge is -1.99. The van der Waals surface area contributed by atoms with Crippen molar-refractivity contribution in [2.24, 2.45) is 0 Å². The van der Waals surface area contributed by atoms with Gasteiger partial charge in [0.2, 0.25) is 0 Å². The maximum Gasteiger partial charge on any atom is 0.292 e. The third-order valence-corrected chi connectivity index (χ3v) is 2.68. The van der Waals surface area contributed by atoms with Gasteiger partial charge in [0.15, 0.2) is 0 Å². The Hall–Kier alpha value is -1.69. The highest BCUT2D eigenvalue weighted by Crippen LogP contribution is 2.32. The Kier molecular flexibility index (Phi) is 2.05. The summed E-state index contributed by atoms with van der Waals surface area (Å²) < 4.78 is 5.52. The molecule has 0 N–H and O–H groups in total. The molecule has 1 aromatic heterocycles. The highest BCUT2D eigenvalue weighted by Gasteiger charge is 2.15. The van der Waals surface area contributed by atoms with Crippen molar-refractivity contribution in [3.05, 3.63) is 27.8 Å². The Morgan fingerprint density at radius 3 is 3.00 bits per heavy atom. The maximum absolute atomic E-state index is 10.7. The topological polar surface area (TPSA) is 65.3 Å². The molecule has 14 heavy (non-hydrogen) atoms. The van der Waals surface area contributed by atoms with E-state index in [2.05, 4.69) is 4.98 Å². The second kappa shape index (κ2) is 3.22. The minimum absolute atomic E-state index is 0.0434. The number of non-ortho nitro benzene ring substituents is 1. The van der Waals surface area contributed by atoms with Crippen LogP contribution in [0.15, 0.2) is 17.6 Å². The summed E-state index contributed by atoms with van der Waals surface area (Å²) in [5, 5.41) is 10.7. The lowest BCUT2D eigenvalue weighted by Crippen LogP contribution is -1.90. The zero-order chi connectivity index (χ0) is 10.1. The summed E-state index contributed by atoms with van der Waals surface area (Å²) in [6.45, 7) is 0. The van der Waals surface area contributed by atoms with E-state index >= 15 is 0 Å². The van der Waals surface area contributed by atoms with Gasteiger partial charge in [-0.05, 0) is 0 Å². The number of hydrogen-bond donors (Lipinski definition) is 0. The van der Waals surface area contributed by atoms with Crippen molar-refractivity contribution in [3.8, 4) is 5.75 Å². The van der Waals surface area contributed by atoms with Gasteiger partial charge in [0.1, 0.15) is 10.4 Å². The van der Waals surface area contributed by atoms with E-state index in [4.69, 9.17) is 4.74 Å². The van der Waals surface area contributed by atoms with Gasteiger partial charge in [0, 0.05) is 6.07 Å². The van der Waals surface area contributed by atoms with Gasteiger partial charge in [-0.3, -0.25) is 10.1 Å². The van der Waals surface area contributed by atoms with Crippen LogP contribution in [0.2, 0.25) is 0 Å². The zero-order valence-corrected chi connectivity index (χ0v) is 8.08. The summed E-state index contributed by atoms with van der Waals surface area (Å²) in [5.41, 5.74) is 2.22. The minimum atomic E-state index is -0.428. The lowest BCUT2D eigenvalue weighted by atomic mass is 10.3. The number of methoxy groups -OCH3 is 1. The van der Waals surface area contributed by atoms with Crippen LogP contribution in [0, 0.1) is 10.1 Å². The molecule has 0 aliphatic carbocycles. The first-order chi connectivity index (χ1) is 6.72. The fourth-order valence-electron chi connectivity index (χ4n) is 1.18. The van der Waals surface area contributed by atoms with Gasteiger partial charge < -0.3 is 4.74 Å². The molecule has 0 amide bonds. The summed E-state index contributed by atoms with van der Waals surface area (Å²) in [4.78, 5) is 14.3. The molecule has 72 valence electrons. The van der Waals surface area contributed by atoms with Crippen LogP contribution in [0.4, 0.5) is 5.69 Å². The maximum atomic E-state index is 10.7. The normalized spacial score (nSPS) is 10.4. The van der Waals surface area contributed by atoms with Crippen LogP contribution in [-0.4, -0.2) is 17.0 Å². The molecule has 0 radical (unpaired) electrons. The van der Waals surface area contributed by atoms with Crippen molar-refractivity contribution in [1.29, 1.82) is 0 Å². The fraction of sp³-hybridized carbons (Fsp3) is 0.125. The molecule has 2 rings (SSSR count). The molecular formula is C8H6N2O3S. The molecule has 0 aliphatic rings. The van der Waals surface area contributed by atoms with Gasteiger partial charge in [-0.25, -0.2) is 4.98 Å². The SMILES string of the molecule is COc1cc([N+](=O)[O-])c2scnc2c1. The van der Waals surface area contributed by atoms with Crippen LogP contribution < -0.4 is 4.74 Å². The van der Waals surface area contributed by atoms with Crippen LogP contribution >= 0.6 is 11.3 Å². The van der Waals surface area contributed by atoms with Crippen LogP contribution in [0.3, 0.4) is 0 Å². The minimum Gasteiger partial charge on any atom is -0.496 e. The fourth-order valence-corrected chi connectivity index (χ4v) is 1.94. The summed E-state index contributed by atoms with van der Waals surface area (Å²) >= 11 is 1.25. The number of rotatable bonds is 2. The Morgan fingerprint density at radius 1 is 1.57 bits per heavy atom. The van der Waals surface area contributed by atoms with Crippen LogP contribution in [0.25, 0.3) is 10.2 Å². The second-order valence-electron chi connectivity index (χ2n) is 2.60. The van der Waals surface area contributed by atoms with Crippen molar-refractivity contribution in [3.63, 3.8) is 0 Å². The second-order valence-corrected chi connectivity index (χ2v) is 3.46. The molecule has 0 fully saturated rings. The molecule has 5 nitrogen and oxygen atoms in total. The molecule has 1 aromatic carbocycles. The molecular weight excluding hydrogens is 204 g/mol. The van der Waals surface area contributed by atoms with E-state index in [9.17, 15) is 10.1 Å². The molecule has 0 saturated heterocycles. The number of ether oxygens (including phenoxy) is 1. The molecule has 6 heteroatoms. The number of aromatic nitrogens is 1. The van der Waals surface area contributed by atoms with Gasteiger partial charge >= 0.3 is 0 Å². The predicted molar refractivity (Wildman–Crippen MR) is 52.8 cm³/mol. The summed E-state index contributed by atoms with van der Waals surface area (Å²) in [6, 6.07) is 3.08. The molecule has 1 heterocycles. The molecule has 0 bridgehead atoms. The lowest BCUT2D eigenvalue weighted by molar-refractivity contribution is -0.382. The summed E-state index contributed by atoms with van der Waals surface area (Å²) in [7, 11) is 1.47. The molecule has 2 aromatic rings. The van der Waals surface area contributed by atoms with Crippen LogP contribution in [0.1, 0.15) is 0 Å². The van der Waals surface area contributed by atoms with Crippen molar-refractivity contribution < 1.29 is 9.66 Å². The van der Waals surface area contributed by atoms with Gasteiger partial charge in [-0.2, -0.15) is 0 Å². The van der Waals surface area contributed by atoms with E-state index in [0.29, 0.717) is 16.0 Å². The van der Waals surface area contributed by atoms with Gasteiger partial charge in [0.25, 0.3) is 5.69 Å². The smallest absolute Gasteiger partial charge is 0.292 e. The molecule has 0 unspecified atom stereocenters. The van der Waals surface area contributed by atoms with E-state index in [1.807, 2.05) is 0 Å². The number of nitro benzene ring substituents is 1. The summed E-state index contributed by atoms with van der Waals surface area (Å²) in [5.74, 6) is 0.454. The molecule has 0 aliphatic heterocycles. The summed E-state index contributed by atoms with van der Waals surface area (Å²) in [6.07, 6.45) is 0. The van der Waals surface area contributed by atoms with E-state index < -0.39 is 4.92 Å². The third-order valence-electron chi connectivity index (χ3n) is 1.82. The quantitative estimate of drug-likeness (QED) is 0.563. The Labute approximate surface area is 83.1 Å².